The third kappa shape index (κ3) is 7.05. The summed E-state index contributed by atoms with van der Waals surface area (Å²) in [6, 6.07) is 13.8. The van der Waals surface area contributed by atoms with E-state index < -0.39 is 11.6 Å². The van der Waals surface area contributed by atoms with E-state index in [-0.39, 0.29) is 11.7 Å². The molecule has 0 bridgehead atoms. The Morgan fingerprint density at radius 3 is 2.17 bits per heavy atom. The molecule has 0 amide bonds. The Morgan fingerprint density at radius 2 is 1.58 bits per heavy atom. The van der Waals surface area contributed by atoms with Crippen LogP contribution in [0.2, 0.25) is 0 Å². The zero-order valence-corrected chi connectivity index (χ0v) is 22.4. The first-order valence-electron chi connectivity index (χ1n) is 12.0. The predicted octanol–water partition coefficient (Wildman–Crippen LogP) is 5.23. The number of ether oxygens (including phenoxy) is 5. The van der Waals surface area contributed by atoms with Crippen LogP contribution in [0.4, 0.5) is 4.79 Å². The molecule has 196 valence electrons. The minimum atomic E-state index is -0.826. The Hall–Kier alpha value is -3.44. The fourth-order valence-corrected chi connectivity index (χ4v) is 4.27. The highest BCUT2D eigenvalue weighted by Crippen LogP contribution is 2.40. The SMILES string of the molecule is COC(=O)Oc1ccc(C(C#N)(CCCN(C)CCc2ccc(OC)c(OC)c2)C(C)C)cc1OC. The van der Waals surface area contributed by atoms with Gasteiger partial charge in [-0.05, 0) is 74.2 Å². The number of rotatable bonds is 13. The van der Waals surface area contributed by atoms with Crippen LogP contribution in [0.1, 0.15) is 37.8 Å². The van der Waals surface area contributed by atoms with Crippen LogP contribution in [-0.2, 0) is 16.6 Å². The smallest absolute Gasteiger partial charge is 0.493 e. The quantitative estimate of drug-likeness (QED) is 0.274. The van der Waals surface area contributed by atoms with Gasteiger partial charge in [0.25, 0.3) is 0 Å². The number of benzene rings is 2. The first kappa shape index (κ1) is 28.8. The summed E-state index contributed by atoms with van der Waals surface area (Å²) in [5.74, 6) is 2.14. The molecule has 0 aliphatic carbocycles. The third-order valence-corrected chi connectivity index (χ3v) is 6.56. The lowest BCUT2D eigenvalue weighted by Gasteiger charge is -2.32. The minimum Gasteiger partial charge on any atom is -0.493 e. The molecule has 2 aromatic rings. The van der Waals surface area contributed by atoms with Gasteiger partial charge in [-0.1, -0.05) is 26.0 Å². The highest BCUT2D eigenvalue weighted by atomic mass is 16.7. The average Bonchev–Trinajstić information content (AvgIpc) is 2.89. The summed E-state index contributed by atoms with van der Waals surface area (Å²) >= 11 is 0. The average molecular weight is 499 g/mol. The number of nitrogens with zero attached hydrogens (tertiary/aromatic N) is 2. The monoisotopic (exact) mass is 498 g/mol. The Bertz CT molecular complexity index is 1050. The molecular formula is C28H38N2O6. The molecule has 1 atom stereocenters. The molecule has 0 heterocycles. The molecule has 0 N–H and O–H groups in total. The van der Waals surface area contributed by atoms with Crippen LogP contribution in [0.3, 0.4) is 0 Å². The first-order valence-corrected chi connectivity index (χ1v) is 12.0. The first-order chi connectivity index (χ1) is 17.2. The predicted molar refractivity (Wildman–Crippen MR) is 138 cm³/mol. The lowest BCUT2D eigenvalue weighted by atomic mass is 9.69. The summed E-state index contributed by atoms with van der Waals surface area (Å²) in [5, 5.41) is 10.3. The number of hydrogen-bond acceptors (Lipinski definition) is 8. The van der Waals surface area contributed by atoms with Gasteiger partial charge in [0.1, 0.15) is 0 Å². The number of carbonyl (C=O) groups excluding carboxylic acids is 1. The van der Waals surface area contributed by atoms with Crippen molar-refractivity contribution < 1.29 is 28.5 Å². The van der Waals surface area contributed by atoms with Crippen molar-refractivity contribution in [2.24, 2.45) is 5.92 Å². The van der Waals surface area contributed by atoms with Crippen LogP contribution in [0.5, 0.6) is 23.0 Å². The van der Waals surface area contributed by atoms with Crippen LogP contribution in [0.15, 0.2) is 36.4 Å². The van der Waals surface area contributed by atoms with Crippen molar-refractivity contribution in [1.29, 1.82) is 5.26 Å². The van der Waals surface area contributed by atoms with Crippen LogP contribution in [0.25, 0.3) is 0 Å². The van der Waals surface area contributed by atoms with Gasteiger partial charge < -0.3 is 28.6 Å². The van der Waals surface area contributed by atoms with E-state index in [1.807, 2.05) is 18.2 Å². The minimum absolute atomic E-state index is 0.0663. The van der Waals surface area contributed by atoms with E-state index in [9.17, 15) is 10.1 Å². The highest BCUT2D eigenvalue weighted by Gasteiger charge is 2.36. The molecule has 0 fully saturated rings. The van der Waals surface area contributed by atoms with E-state index in [2.05, 4.69) is 42.7 Å². The van der Waals surface area contributed by atoms with Gasteiger partial charge in [0, 0.05) is 6.54 Å². The second kappa shape index (κ2) is 13.6. The molecule has 0 radical (unpaired) electrons. The summed E-state index contributed by atoms with van der Waals surface area (Å²) in [4.78, 5) is 13.8. The molecule has 0 saturated heterocycles. The van der Waals surface area contributed by atoms with Crippen molar-refractivity contribution in [2.45, 2.75) is 38.5 Å². The molecule has 2 rings (SSSR count). The van der Waals surface area contributed by atoms with E-state index in [0.717, 1.165) is 43.0 Å². The molecule has 0 aliphatic rings. The zero-order valence-electron chi connectivity index (χ0n) is 22.4. The number of carbonyl (C=O) groups is 1. The molecule has 0 saturated carbocycles. The van der Waals surface area contributed by atoms with Crippen molar-refractivity contribution in [3.05, 3.63) is 47.5 Å². The normalized spacial score (nSPS) is 12.6. The van der Waals surface area contributed by atoms with Crippen molar-refractivity contribution >= 4 is 6.16 Å². The van der Waals surface area contributed by atoms with E-state index in [4.69, 9.17) is 18.9 Å². The second-order valence-electron chi connectivity index (χ2n) is 9.01. The Labute approximate surface area is 214 Å². The van der Waals surface area contributed by atoms with E-state index in [1.54, 1.807) is 26.4 Å². The van der Waals surface area contributed by atoms with Gasteiger partial charge in [0.15, 0.2) is 23.0 Å². The van der Waals surface area contributed by atoms with Crippen LogP contribution >= 0.6 is 0 Å². The van der Waals surface area contributed by atoms with Gasteiger partial charge in [-0.3, -0.25) is 0 Å². The van der Waals surface area contributed by atoms with Gasteiger partial charge in [-0.15, -0.1) is 0 Å². The Balaban J connectivity index is 2.07. The van der Waals surface area contributed by atoms with E-state index >= 15 is 0 Å². The van der Waals surface area contributed by atoms with Crippen LogP contribution in [0, 0.1) is 17.2 Å². The Kier molecular flexibility index (Phi) is 10.9. The second-order valence-corrected chi connectivity index (χ2v) is 9.01. The fourth-order valence-electron chi connectivity index (χ4n) is 4.27. The maximum atomic E-state index is 11.5. The van der Waals surface area contributed by atoms with Gasteiger partial charge in [0.2, 0.25) is 0 Å². The van der Waals surface area contributed by atoms with Crippen molar-refractivity contribution in [3.63, 3.8) is 0 Å². The fraction of sp³-hybridized carbons (Fsp3) is 0.500. The molecule has 0 aromatic heterocycles. The van der Waals surface area contributed by atoms with E-state index in [0.29, 0.717) is 12.2 Å². The van der Waals surface area contributed by atoms with Crippen molar-refractivity contribution in [1.82, 2.24) is 4.90 Å². The molecule has 0 spiro atoms. The van der Waals surface area contributed by atoms with Gasteiger partial charge >= 0.3 is 6.16 Å². The summed E-state index contributed by atoms with van der Waals surface area (Å²) < 4.78 is 25.9. The molecule has 8 heteroatoms. The topological polar surface area (TPSA) is 90.3 Å². The molecule has 36 heavy (non-hydrogen) atoms. The van der Waals surface area contributed by atoms with Crippen LogP contribution in [-0.4, -0.2) is 59.6 Å². The number of hydrogen-bond donors (Lipinski definition) is 0. The largest absolute Gasteiger partial charge is 0.513 e. The Morgan fingerprint density at radius 1 is 0.944 bits per heavy atom. The standard InChI is InChI=1S/C28H38N2O6/c1-20(2)28(19-29,22-10-12-24(26(18-22)34-6)36-27(31)35-7)14-8-15-30(3)16-13-21-9-11-23(32-4)25(17-21)33-5/h9-12,17-18,20H,8,13-16H2,1-7H3. The lowest BCUT2D eigenvalue weighted by molar-refractivity contribution is 0.120. The maximum absolute atomic E-state index is 11.5. The van der Waals surface area contributed by atoms with Crippen LogP contribution < -0.4 is 18.9 Å². The molecule has 8 nitrogen and oxygen atoms in total. The van der Waals surface area contributed by atoms with Gasteiger partial charge in [0.05, 0.1) is 39.9 Å². The number of methoxy groups -OCH3 is 4. The zero-order chi connectivity index (χ0) is 26.7. The number of nitriles is 1. The summed E-state index contributed by atoms with van der Waals surface area (Å²) in [5.41, 5.74) is 1.30. The maximum Gasteiger partial charge on any atom is 0.513 e. The molecule has 2 aromatic carbocycles. The summed E-state index contributed by atoms with van der Waals surface area (Å²) in [6.07, 6.45) is 1.58. The summed E-state index contributed by atoms with van der Waals surface area (Å²) in [7, 11) is 8.10. The molecule has 1 unspecified atom stereocenters. The van der Waals surface area contributed by atoms with Gasteiger partial charge in [-0.2, -0.15) is 5.26 Å². The summed E-state index contributed by atoms with van der Waals surface area (Å²) in [6.45, 7) is 5.83. The number of likely N-dealkylation sites (N-methyl/N-ethyl adjacent to an activating group) is 1. The van der Waals surface area contributed by atoms with E-state index in [1.165, 1.54) is 19.8 Å². The van der Waals surface area contributed by atoms with Gasteiger partial charge in [-0.25, -0.2) is 4.79 Å². The highest BCUT2D eigenvalue weighted by molar-refractivity contribution is 5.65. The molecular weight excluding hydrogens is 460 g/mol. The molecule has 0 aliphatic heterocycles. The lowest BCUT2D eigenvalue weighted by Crippen LogP contribution is -2.32. The third-order valence-electron chi connectivity index (χ3n) is 6.56. The van der Waals surface area contributed by atoms with Crippen molar-refractivity contribution in [3.8, 4) is 29.1 Å². The van der Waals surface area contributed by atoms with Crippen molar-refractivity contribution in [2.75, 3.05) is 48.6 Å².